The summed E-state index contributed by atoms with van der Waals surface area (Å²) in [6.45, 7) is 1.35. The maximum absolute atomic E-state index is 13.0. The van der Waals surface area contributed by atoms with Gasteiger partial charge in [-0.25, -0.2) is 14.4 Å². The van der Waals surface area contributed by atoms with E-state index in [4.69, 9.17) is 0 Å². The molecule has 2 saturated heterocycles. The second kappa shape index (κ2) is 5.57. The van der Waals surface area contributed by atoms with Crippen LogP contribution in [0.3, 0.4) is 0 Å². The summed E-state index contributed by atoms with van der Waals surface area (Å²) in [4.78, 5) is 28.6. The lowest BCUT2D eigenvalue weighted by atomic mass is 10.1. The van der Waals surface area contributed by atoms with Crippen molar-refractivity contribution in [2.24, 2.45) is 0 Å². The summed E-state index contributed by atoms with van der Waals surface area (Å²) in [6, 6.07) is 4.06. The molecule has 6 nitrogen and oxygen atoms in total. The highest BCUT2D eigenvalue weighted by Crippen LogP contribution is 2.35. The third-order valence-electron chi connectivity index (χ3n) is 4.55. The van der Waals surface area contributed by atoms with Crippen molar-refractivity contribution >= 4 is 11.9 Å². The highest BCUT2D eigenvalue weighted by molar-refractivity contribution is 5.81. The lowest BCUT2D eigenvalue weighted by molar-refractivity contribution is -0.129. The van der Waals surface area contributed by atoms with Gasteiger partial charge in [0.25, 0.3) is 0 Å². The van der Waals surface area contributed by atoms with Crippen molar-refractivity contribution in [2.75, 3.05) is 11.4 Å². The second-order valence-electron chi connectivity index (χ2n) is 5.91. The molecule has 0 N–H and O–H groups in total. The zero-order valence-electron chi connectivity index (χ0n) is 12.5. The molecule has 2 aromatic heterocycles. The maximum Gasteiger partial charge on any atom is 0.225 e. The number of fused-ring (bicyclic) bond motifs is 1. The molecule has 0 spiro atoms. The molecule has 4 rings (SSSR count). The number of pyridine rings is 1. The van der Waals surface area contributed by atoms with Crippen LogP contribution < -0.4 is 4.90 Å². The molecule has 2 fully saturated rings. The fourth-order valence-corrected chi connectivity index (χ4v) is 3.52. The van der Waals surface area contributed by atoms with Crippen LogP contribution in [0.25, 0.3) is 0 Å². The van der Waals surface area contributed by atoms with Gasteiger partial charge >= 0.3 is 0 Å². The monoisotopic (exact) mass is 313 g/mol. The topological polar surface area (TPSA) is 62.2 Å². The molecular weight excluding hydrogens is 297 g/mol. The molecule has 2 aliphatic rings. The zero-order valence-corrected chi connectivity index (χ0v) is 12.5. The first-order valence-corrected chi connectivity index (χ1v) is 7.65. The maximum atomic E-state index is 13.0. The minimum Gasteiger partial charge on any atom is -0.335 e. The molecule has 0 aliphatic carbocycles. The van der Waals surface area contributed by atoms with Gasteiger partial charge < -0.3 is 9.80 Å². The number of hydrogen-bond acceptors (Lipinski definition) is 5. The predicted molar refractivity (Wildman–Crippen MR) is 80.9 cm³/mol. The van der Waals surface area contributed by atoms with Gasteiger partial charge in [-0.3, -0.25) is 9.78 Å². The van der Waals surface area contributed by atoms with E-state index >= 15 is 0 Å². The molecule has 7 heteroatoms. The summed E-state index contributed by atoms with van der Waals surface area (Å²) in [5.74, 6) is 0.177. The Morgan fingerprint density at radius 2 is 2.04 bits per heavy atom. The average molecular weight is 313 g/mol. The summed E-state index contributed by atoms with van der Waals surface area (Å²) in [5.41, 5.74) is 1.03. The van der Waals surface area contributed by atoms with Gasteiger partial charge in [0.15, 0.2) is 5.82 Å². The van der Waals surface area contributed by atoms with Crippen LogP contribution in [0.1, 0.15) is 18.4 Å². The Labute approximate surface area is 133 Å². The fraction of sp³-hybridized carbons (Fsp3) is 0.375. The number of likely N-dealkylation sites (tertiary alicyclic amines) is 1. The quantitative estimate of drug-likeness (QED) is 0.857. The van der Waals surface area contributed by atoms with Crippen LogP contribution in [0, 0.1) is 5.82 Å². The molecule has 0 saturated carbocycles. The van der Waals surface area contributed by atoms with E-state index in [1.807, 2.05) is 21.9 Å². The lowest BCUT2D eigenvalue weighted by Crippen LogP contribution is -2.37. The zero-order chi connectivity index (χ0) is 15.8. The van der Waals surface area contributed by atoms with Crippen molar-refractivity contribution < 1.29 is 9.18 Å². The van der Waals surface area contributed by atoms with Gasteiger partial charge in [0.2, 0.25) is 11.9 Å². The van der Waals surface area contributed by atoms with E-state index in [2.05, 4.69) is 15.0 Å². The minimum atomic E-state index is -0.454. The summed E-state index contributed by atoms with van der Waals surface area (Å²) in [7, 11) is 0. The van der Waals surface area contributed by atoms with Gasteiger partial charge in [0.05, 0.1) is 24.5 Å². The SMILES string of the molecule is O=C1C[C@H]2[C@H](CCN2c2ncc(F)cn2)N1Cc1cccnc1. The Kier molecular flexibility index (Phi) is 3.40. The third-order valence-corrected chi connectivity index (χ3v) is 4.55. The standard InChI is InChI=1S/C16H16FN5O/c17-12-8-19-16(20-9-12)21-5-3-13-14(21)6-15(23)22(13)10-11-2-1-4-18-7-11/h1-2,4,7-9,13-14H,3,5-6,10H2/t13-,14-/m0/s1. The van der Waals surface area contributed by atoms with Crippen LogP contribution in [-0.4, -0.2) is 44.4 Å². The van der Waals surface area contributed by atoms with E-state index in [-0.39, 0.29) is 18.0 Å². The number of nitrogens with zero attached hydrogens (tertiary/aromatic N) is 5. The molecule has 2 aliphatic heterocycles. The van der Waals surface area contributed by atoms with E-state index < -0.39 is 5.82 Å². The third kappa shape index (κ3) is 2.52. The van der Waals surface area contributed by atoms with Crippen molar-refractivity contribution in [1.82, 2.24) is 19.9 Å². The number of amides is 1. The van der Waals surface area contributed by atoms with E-state index in [1.165, 1.54) is 12.4 Å². The normalized spacial score (nSPS) is 23.4. The molecular formula is C16H16FN5O. The van der Waals surface area contributed by atoms with Crippen LogP contribution in [0.2, 0.25) is 0 Å². The van der Waals surface area contributed by atoms with E-state index in [0.29, 0.717) is 18.9 Å². The Morgan fingerprint density at radius 1 is 1.22 bits per heavy atom. The summed E-state index contributed by atoms with van der Waals surface area (Å²) in [5, 5.41) is 0. The molecule has 4 heterocycles. The van der Waals surface area contributed by atoms with Gasteiger partial charge in [-0.05, 0) is 18.1 Å². The Hall–Kier alpha value is -2.57. The number of anilines is 1. The lowest BCUT2D eigenvalue weighted by Gasteiger charge is -2.25. The van der Waals surface area contributed by atoms with E-state index in [1.54, 1.807) is 12.4 Å². The van der Waals surface area contributed by atoms with Crippen molar-refractivity contribution in [3.05, 3.63) is 48.3 Å². The molecule has 0 unspecified atom stereocenters. The van der Waals surface area contributed by atoms with E-state index in [9.17, 15) is 9.18 Å². The van der Waals surface area contributed by atoms with Crippen molar-refractivity contribution in [1.29, 1.82) is 0 Å². The average Bonchev–Trinajstić information content (AvgIpc) is 3.10. The highest BCUT2D eigenvalue weighted by Gasteiger charge is 2.47. The van der Waals surface area contributed by atoms with Gasteiger partial charge in [-0.2, -0.15) is 0 Å². The van der Waals surface area contributed by atoms with Crippen molar-refractivity contribution in [3.8, 4) is 0 Å². The first-order valence-electron chi connectivity index (χ1n) is 7.65. The van der Waals surface area contributed by atoms with Crippen LogP contribution in [0.4, 0.5) is 10.3 Å². The van der Waals surface area contributed by atoms with E-state index in [0.717, 1.165) is 18.5 Å². The fourth-order valence-electron chi connectivity index (χ4n) is 3.52. The van der Waals surface area contributed by atoms with Crippen molar-refractivity contribution in [2.45, 2.75) is 31.5 Å². The van der Waals surface area contributed by atoms with Crippen LogP contribution in [-0.2, 0) is 11.3 Å². The molecule has 118 valence electrons. The summed E-state index contributed by atoms with van der Waals surface area (Å²) in [6.07, 6.45) is 7.17. The number of hydrogen-bond donors (Lipinski definition) is 0. The molecule has 2 aromatic rings. The van der Waals surface area contributed by atoms with Gasteiger partial charge in [-0.15, -0.1) is 0 Å². The number of aromatic nitrogens is 3. The van der Waals surface area contributed by atoms with Crippen LogP contribution in [0.5, 0.6) is 0 Å². The smallest absolute Gasteiger partial charge is 0.225 e. The number of carbonyl (C=O) groups is 1. The second-order valence-corrected chi connectivity index (χ2v) is 5.91. The number of carbonyl (C=O) groups excluding carboxylic acids is 1. The Morgan fingerprint density at radius 3 is 2.78 bits per heavy atom. The molecule has 23 heavy (non-hydrogen) atoms. The number of halogens is 1. The van der Waals surface area contributed by atoms with Crippen LogP contribution in [0.15, 0.2) is 36.9 Å². The minimum absolute atomic E-state index is 0.0598. The van der Waals surface area contributed by atoms with Gasteiger partial charge in [-0.1, -0.05) is 6.07 Å². The predicted octanol–water partition coefficient (Wildman–Crippen LogP) is 1.39. The summed E-state index contributed by atoms with van der Waals surface area (Å²) < 4.78 is 13.0. The molecule has 2 atom stereocenters. The molecule has 0 aromatic carbocycles. The largest absolute Gasteiger partial charge is 0.335 e. The highest BCUT2D eigenvalue weighted by atomic mass is 19.1. The first-order chi connectivity index (χ1) is 11.2. The summed E-state index contributed by atoms with van der Waals surface area (Å²) >= 11 is 0. The molecule has 0 bridgehead atoms. The van der Waals surface area contributed by atoms with Gasteiger partial charge in [0, 0.05) is 31.9 Å². The first kappa shape index (κ1) is 14.0. The van der Waals surface area contributed by atoms with Crippen molar-refractivity contribution in [3.63, 3.8) is 0 Å². The molecule has 1 amide bonds. The van der Waals surface area contributed by atoms with Gasteiger partial charge in [0.1, 0.15) is 0 Å². The Bertz CT molecular complexity index is 708. The molecule has 0 radical (unpaired) electrons. The number of rotatable bonds is 3. The van der Waals surface area contributed by atoms with Crippen LogP contribution >= 0.6 is 0 Å². The Balaban J connectivity index is 1.54.